The Morgan fingerprint density at radius 2 is 2.06 bits per heavy atom. The van der Waals surface area contributed by atoms with Gasteiger partial charge in [0, 0.05) is 17.3 Å². The standard InChI is InChI=1S/C13H12N2O2/c1-17-12-6-11(7-15-8-12)9-3-2-4-10(5-9)13(14)16/h2-8H,1H3,(H2,14,16). The second kappa shape index (κ2) is 4.65. The van der Waals surface area contributed by atoms with Crippen molar-refractivity contribution < 1.29 is 9.53 Å². The zero-order valence-electron chi connectivity index (χ0n) is 9.38. The molecule has 0 aliphatic carbocycles. The first-order valence-electron chi connectivity index (χ1n) is 5.10. The zero-order valence-corrected chi connectivity index (χ0v) is 9.38. The van der Waals surface area contributed by atoms with Gasteiger partial charge < -0.3 is 10.5 Å². The summed E-state index contributed by atoms with van der Waals surface area (Å²) in [5, 5.41) is 0. The van der Waals surface area contributed by atoms with Crippen LogP contribution >= 0.6 is 0 Å². The summed E-state index contributed by atoms with van der Waals surface area (Å²) in [5.74, 6) is 0.231. The van der Waals surface area contributed by atoms with Gasteiger partial charge in [-0.2, -0.15) is 0 Å². The smallest absolute Gasteiger partial charge is 0.248 e. The molecule has 2 aromatic rings. The molecule has 0 unspecified atom stereocenters. The Hall–Kier alpha value is -2.36. The van der Waals surface area contributed by atoms with E-state index in [0.717, 1.165) is 11.1 Å². The molecule has 0 bridgehead atoms. The molecule has 86 valence electrons. The van der Waals surface area contributed by atoms with Gasteiger partial charge in [-0.3, -0.25) is 9.78 Å². The van der Waals surface area contributed by atoms with E-state index in [-0.39, 0.29) is 0 Å². The number of nitrogens with two attached hydrogens (primary N) is 1. The third-order valence-corrected chi connectivity index (χ3v) is 2.43. The van der Waals surface area contributed by atoms with Gasteiger partial charge >= 0.3 is 0 Å². The molecule has 4 nitrogen and oxygen atoms in total. The highest BCUT2D eigenvalue weighted by molar-refractivity contribution is 5.94. The maximum absolute atomic E-state index is 11.1. The molecule has 0 radical (unpaired) electrons. The quantitative estimate of drug-likeness (QED) is 0.871. The number of carbonyl (C=O) groups excluding carboxylic acids is 1. The Bertz CT molecular complexity index is 553. The minimum absolute atomic E-state index is 0.442. The van der Waals surface area contributed by atoms with Crippen molar-refractivity contribution in [3.63, 3.8) is 0 Å². The molecular formula is C13H12N2O2. The van der Waals surface area contributed by atoms with E-state index in [1.807, 2.05) is 12.1 Å². The highest BCUT2D eigenvalue weighted by Crippen LogP contribution is 2.23. The second-order valence-corrected chi connectivity index (χ2v) is 3.56. The lowest BCUT2D eigenvalue weighted by atomic mass is 10.0. The SMILES string of the molecule is COc1cncc(-c2cccc(C(N)=O)c2)c1. The molecule has 4 heteroatoms. The van der Waals surface area contributed by atoms with Gasteiger partial charge in [-0.05, 0) is 23.8 Å². The van der Waals surface area contributed by atoms with Crippen LogP contribution in [-0.2, 0) is 0 Å². The fourth-order valence-corrected chi connectivity index (χ4v) is 1.54. The van der Waals surface area contributed by atoms with Gasteiger partial charge in [0.2, 0.25) is 5.91 Å². The lowest BCUT2D eigenvalue weighted by Crippen LogP contribution is -2.10. The summed E-state index contributed by atoms with van der Waals surface area (Å²) in [6.07, 6.45) is 3.34. The molecule has 0 aliphatic rings. The third kappa shape index (κ3) is 2.42. The number of carbonyl (C=O) groups is 1. The molecule has 1 aromatic heterocycles. The Morgan fingerprint density at radius 3 is 2.76 bits per heavy atom. The van der Waals surface area contributed by atoms with Crippen molar-refractivity contribution in [3.05, 3.63) is 48.3 Å². The number of benzene rings is 1. The van der Waals surface area contributed by atoms with Gasteiger partial charge in [0.05, 0.1) is 13.3 Å². The van der Waals surface area contributed by atoms with E-state index in [0.29, 0.717) is 11.3 Å². The van der Waals surface area contributed by atoms with E-state index in [2.05, 4.69) is 4.98 Å². The number of nitrogens with zero attached hydrogens (tertiary/aromatic N) is 1. The molecule has 1 aromatic carbocycles. The molecule has 0 saturated heterocycles. The highest BCUT2D eigenvalue weighted by atomic mass is 16.5. The maximum Gasteiger partial charge on any atom is 0.248 e. The van der Waals surface area contributed by atoms with Crippen LogP contribution in [0.3, 0.4) is 0 Å². The van der Waals surface area contributed by atoms with E-state index in [9.17, 15) is 4.79 Å². The normalized spacial score (nSPS) is 9.94. The monoisotopic (exact) mass is 228 g/mol. The fraction of sp³-hybridized carbons (Fsp3) is 0.0769. The van der Waals surface area contributed by atoms with Crippen molar-refractivity contribution in [2.45, 2.75) is 0 Å². The Balaban J connectivity index is 2.45. The number of amides is 1. The van der Waals surface area contributed by atoms with Gasteiger partial charge in [-0.15, -0.1) is 0 Å². The minimum Gasteiger partial charge on any atom is -0.495 e. The molecule has 0 saturated carbocycles. The first-order chi connectivity index (χ1) is 8.20. The van der Waals surface area contributed by atoms with Crippen molar-refractivity contribution in [1.29, 1.82) is 0 Å². The average molecular weight is 228 g/mol. The molecule has 0 aliphatic heterocycles. The van der Waals surface area contributed by atoms with Crippen molar-refractivity contribution in [2.24, 2.45) is 5.73 Å². The minimum atomic E-state index is -0.442. The van der Waals surface area contributed by atoms with Crippen LogP contribution in [0.15, 0.2) is 42.7 Å². The van der Waals surface area contributed by atoms with Gasteiger partial charge in [0.15, 0.2) is 0 Å². The van der Waals surface area contributed by atoms with Crippen LogP contribution in [0.5, 0.6) is 5.75 Å². The summed E-state index contributed by atoms with van der Waals surface area (Å²) in [5.41, 5.74) is 7.48. The maximum atomic E-state index is 11.1. The molecule has 2 rings (SSSR count). The topological polar surface area (TPSA) is 65.2 Å². The van der Waals surface area contributed by atoms with Crippen molar-refractivity contribution in [3.8, 4) is 16.9 Å². The van der Waals surface area contributed by atoms with Crippen LogP contribution < -0.4 is 10.5 Å². The predicted molar refractivity (Wildman–Crippen MR) is 64.7 cm³/mol. The van der Waals surface area contributed by atoms with Gasteiger partial charge in [-0.1, -0.05) is 12.1 Å². The molecule has 1 heterocycles. The molecule has 0 fully saturated rings. The average Bonchev–Trinajstić information content (AvgIpc) is 2.39. The first kappa shape index (κ1) is 11.1. The van der Waals surface area contributed by atoms with Crippen LogP contribution in [0.25, 0.3) is 11.1 Å². The van der Waals surface area contributed by atoms with Crippen LogP contribution in [0, 0.1) is 0 Å². The molecule has 1 amide bonds. The van der Waals surface area contributed by atoms with Crippen LogP contribution in [0.4, 0.5) is 0 Å². The Labute approximate surface area is 99.1 Å². The summed E-state index contributed by atoms with van der Waals surface area (Å²) in [7, 11) is 1.58. The molecular weight excluding hydrogens is 216 g/mol. The second-order valence-electron chi connectivity index (χ2n) is 3.56. The van der Waals surface area contributed by atoms with E-state index in [1.165, 1.54) is 0 Å². The summed E-state index contributed by atoms with van der Waals surface area (Å²) < 4.78 is 5.10. The van der Waals surface area contributed by atoms with Gasteiger partial charge in [0.25, 0.3) is 0 Å². The van der Waals surface area contributed by atoms with E-state index in [4.69, 9.17) is 10.5 Å². The van der Waals surface area contributed by atoms with E-state index in [1.54, 1.807) is 37.7 Å². The molecule has 17 heavy (non-hydrogen) atoms. The van der Waals surface area contributed by atoms with Crippen LogP contribution in [0.2, 0.25) is 0 Å². The van der Waals surface area contributed by atoms with Crippen LogP contribution in [0.1, 0.15) is 10.4 Å². The number of pyridine rings is 1. The van der Waals surface area contributed by atoms with Crippen molar-refractivity contribution in [1.82, 2.24) is 4.98 Å². The fourth-order valence-electron chi connectivity index (χ4n) is 1.54. The predicted octanol–water partition coefficient (Wildman–Crippen LogP) is 1.86. The van der Waals surface area contributed by atoms with Crippen molar-refractivity contribution in [2.75, 3.05) is 7.11 Å². The van der Waals surface area contributed by atoms with Gasteiger partial charge in [-0.25, -0.2) is 0 Å². The zero-order chi connectivity index (χ0) is 12.3. The highest BCUT2D eigenvalue weighted by Gasteiger charge is 2.04. The summed E-state index contributed by atoms with van der Waals surface area (Å²) in [4.78, 5) is 15.2. The lowest BCUT2D eigenvalue weighted by Gasteiger charge is -2.05. The molecule has 2 N–H and O–H groups in total. The molecule has 0 spiro atoms. The number of aromatic nitrogens is 1. The number of rotatable bonds is 3. The largest absolute Gasteiger partial charge is 0.495 e. The Kier molecular flexibility index (Phi) is 3.05. The lowest BCUT2D eigenvalue weighted by molar-refractivity contribution is 0.100. The third-order valence-electron chi connectivity index (χ3n) is 2.43. The first-order valence-corrected chi connectivity index (χ1v) is 5.10. The number of ether oxygens (including phenoxy) is 1. The summed E-state index contributed by atoms with van der Waals surface area (Å²) >= 11 is 0. The number of primary amides is 1. The van der Waals surface area contributed by atoms with Crippen LogP contribution in [-0.4, -0.2) is 18.0 Å². The Morgan fingerprint density at radius 1 is 1.24 bits per heavy atom. The van der Waals surface area contributed by atoms with Crippen molar-refractivity contribution >= 4 is 5.91 Å². The number of hydrogen-bond donors (Lipinski definition) is 1. The number of hydrogen-bond acceptors (Lipinski definition) is 3. The number of methoxy groups -OCH3 is 1. The summed E-state index contributed by atoms with van der Waals surface area (Å²) in [6, 6.07) is 8.95. The summed E-state index contributed by atoms with van der Waals surface area (Å²) in [6.45, 7) is 0. The molecule has 0 atom stereocenters. The van der Waals surface area contributed by atoms with Gasteiger partial charge in [0.1, 0.15) is 5.75 Å². The van der Waals surface area contributed by atoms with E-state index >= 15 is 0 Å². The van der Waals surface area contributed by atoms with E-state index < -0.39 is 5.91 Å².